The van der Waals surface area contributed by atoms with E-state index in [0.717, 1.165) is 0 Å². The summed E-state index contributed by atoms with van der Waals surface area (Å²) in [6.45, 7) is 0. The Kier molecular flexibility index (Phi) is 4.05. The normalized spacial score (nSPS) is 18.2. The molecule has 1 aliphatic rings. The van der Waals surface area contributed by atoms with Crippen LogP contribution in [0.4, 0.5) is 5.69 Å². The molecule has 1 atom stereocenters. The molecule has 0 aliphatic heterocycles. The summed E-state index contributed by atoms with van der Waals surface area (Å²) in [5, 5.41) is 30.4. The third-order valence-corrected chi connectivity index (χ3v) is 3.12. The Balaban J connectivity index is 2.10. The van der Waals surface area contributed by atoms with Crippen LogP contribution in [0.15, 0.2) is 29.8 Å². The van der Waals surface area contributed by atoms with Crippen molar-refractivity contribution in [3.8, 4) is 5.75 Å². The molecule has 1 aromatic rings. The van der Waals surface area contributed by atoms with Crippen molar-refractivity contribution in [2.75, 3.05) is 5.32 Å². The first-order chi connectivity index (χ1) is 9.47. The van der Waals surface area contributed by atoms with Crippen LogP contribution in [0.25, 0.3) is 0 Å². The second kappa shape index (κ2) is 5.75. The Morgan fingerprint density at radius 3 is 2.65 bits per heavy atom. The molecule has 106 valence electrons. The molecule has 1 aliphatic carbocycles. The number of amides is 1. The number of aliphatic hydroxyl groups is 1. The number of aromatic hydroxyl groups is 1. The van der Waals surface area contributed by atoms with E-state index in [1.165, 1.54) is 18.2 Å². The van der Waals surface area contributed by atoms with Gasteiger partial charge in [0.25, 0.3) is 5.91 Å². The zero-order valence-electron chi connectivity index (χ0n) is 10.7. The highest BCUT2D eigenvalue weighted by Crippen LogP contribution is 2.24. The zero-order chi connectivity index (χ0) is 14.7. The van der Waals surface area contributed by atoms with E-state index in [1.807, 2.05) is 0 Å². The van der Waals surface area contributed by atoms with Gasteiger partial charge in [-0.25, -0.2) is 4.79 Å². The lowest BCUT2D eigenvalue weighted by atomic mass is 9.96. The number of rotatable bonds is 3. The van der Waals surface area contributed by atoms with Gasteiger partial charge in [-0.3, -0.25) is 4.79 Å². The first-order valence-electron chi connectivity index (χ1n) is 6.22. The summed E-state index contributed by atoms with van der Waals surface area (Å²) in [5.41, 5.74) is 0.569. The smallest absolute Gasteiger partial charge is 0.339 e. The first kappa shape index (κ1) is 14.1. The second-order valence-electron chi connectivity index (χ2n) is 4.66. The van der Waals surface area contributed by atoms with Crippen molar-refractivity contribution in [2.24, 2.45) is 0 Å². The number of carboxylic acids is 1. The van der Waals surface area contributed by atoms with Gasteiger partial charge in [-0.1, -0.05) is 6.08 Å². The Bertz CT molecular complexity index is 579. The zero-order valence-corrected chi connectivity index (χ0v) is 10.7. The molecule has 6 heteroatoms. The Labute approximate surface area is 115 Å². The van der Waals surface area contributed by atoms with Gasteiger partial charge in [0.1, 0.15) is 11.3 Å². The van der Waals surface area contributed by atoms with Gasteiger partial charge in [-0.2, -0.15) is 0 Å². The van der Waals surface area contributed by atoms with Crippen molar-refractivity contribution in [1.29, 1.82) is 0 Å². The van der Waals surface area contributed by atoms with Crippen LogP contribution in [0.5, 0.6) is 5.75 Å². The van der Waals surface area contributed by atoms with E-state index in [4.69, 9.17) is 5.11 Å². The molecule has 20 heavy (non-hydrogen) atoms. The summed E-state index contributed by atoms with van der Waals surface area (Å²) in [4.78, 5) is 22.7. The van der Waals surface area contributed by atoms with Crippen LogP contribution in [0.1, 0.15) is 29.6 Å². The fraction of sp³-hybridized carbons (Fsp3) is 0.286. The molecular weight excluding hydrogens is 262 g/mol. The molecule has 6 nitrogen and oxygen atoms in total. The molecule has 2 rings (SSSR count). The van der Waals surface area contributed by atoms with Crippen molar-refractivity contribution in [3.63, 3.8) is 0 Å². The van der Waals surface area contributed by atoms with E-state index in [2.05, 4.69) is 5.32 Å². The van der Waals surface area contributed by atoms with Crippen molar-refractivity contribution in [3.05, 3.63) is 35.4 Å². The number of aliphatic hydroxyl groups excluding tert-OH is 1. The molecule has 0 radical (unpaired) electrons. The lowest BCUT2D eigenvalue weighted by Gasteiger charge is -2.17. The number of aromatic carboxylic acids is 1. The summed E-state index contributed by atoms with van der Waals surface area (Å²) < 4.78 is 0. The highest BCUT2D eigenvalue weighted by atomic mass is 16.4. The lowest BCUT2D eigenvalue weighted by molar-refractivity contribution is -0.113. The Morgan fingerprint density at radius 1 is 1.30 bits per heavy atom. The SMILES string of the molecule is O=C(Nc1ccc(C(=O)O)c(O)c1)C1=CCCC(O)C1. The summed E-state index contributed by atoms with van der Waals surface area (Å²) in [6.07, 6.45) is 2.85. The molecule has 0 fully saturated rings. The molecule has 0 spiro atoms. The number of carboxylic acid groups (broad SMARTS) is 1. The number of allylic oxidation sites excluding steroid dienone is 1. The van der Waals surface area contributed by atoms with Gasteiger partial charge in [-0.05, 0) is 25.0 Å². The van der Waals surface area contributed by atoms with Gasteiger partial charge < -0.3 is 20.6 Å². The van der Waals surface area contributed by atoms with Gasteiger partial charge in [0.15, 0.2) is 0 Å². The fourth-order valence-corrected chi connectivity index (χ4v) is 2.08. The van der Waals surface area contributed by atoms with Crippen LogP contribution < -0.4 is 5.32 Å². The maximum Gasteiger partial charge on any atom is 0.339 e. The molecular formula is C14H15NO5. The lowest BCUT2D eigenvalue weighted by Crippen LogP contribution is -2.21. The molecule has 0 saturated heterocycles. The highest BCUT2D eigenvalue weighted by molar-refractivity contribution is 6.04. The monoisotopic (exact) mass is 277 g/mol. The molecule has 4 N–H and O–H groups in total. The third kappa shape index (κ3) is 3.16. The number of anilines is 1. The standard InChI is InChI=1S/C14H15NO5/c16-10-3-1-2-8(6-10)13(18)15-9-4-5-11(14(19)20)12(17)7-9/h2,4-5,7,10,16-17H,1,3,6H2,(H,15,18)(H,19,20). The summed E-state index contributed by atoms with van der Waals surface area (Å²) in [7, 11) is 0. The quantitative estimate of drug-likeness (QED) is 0.669. The number of nitrogens with one attached hydrogen (secondary N) is 1. The Morgan fingerprint density at radius 2 is 2.05 bits per heavy atom. The van der Waals surface area contributed by atoms with Gasteiger partial charge >= 0.3 is 5.97 Å². The van der Waals surface area contributed by atoms with Gasteiger partial charge in [0.05, 0.1) is 6.10 Å². The number of benzene rings is 1. The van der Waals surface area contributed by atoms with Gasteiger partial charge in [0.2, 0.25) is 0 Å². The van der Waals surface area contributed by atoms with E-state index < -0.39 is 17.8 Å². The number of carbonyl (C=O) groups excluding carboxylic acids is 1. The first-order valence-corrected chi connectivity index (χ1v) is 6.22. The average molecular weight is 277 g/mol. The minimum atomic E-state index is -1.24. The van der Waals surface area contributed by atoms with E-state index in [9.17, 15) is 19.8 Å². The van der Waals surface area contributed by atoms with Crippen molar-refractivity contribution >= 4 is 17.6 Å². The molecule has 0 bridgehead atoms. The van der Waals surface area contributed by atoms with Crippen LogP contribution >= 0.6 is 0 Å². The number of phenols is 1. The van der Waals surface area contributed by atoms with Crippen LogP contribution in [0.2, 0.25) is 0 Å². The summed E-state index contributed by atoms with van der Waals surface area (Å²) >= 11 is 0. The van der Waals surface area contributed by atoms with Gasteiger partial charge in [0, 0.05) is 23.7 Å². The average Bonchev–Trinajstić information content (AvgIpc) is 2.38. The van der Waals surface area contributed by atoms with Crippen molar-refractivity contribution < 1.29 is 24.9 Å². The minimum absolute atomic E-state index is 0.227. The maximum absolute atomic E-state index is 12.0. The topological polar surface area (TPSA) is 107 Å². The molecule has 1 aromatic carbocycles. The van der Waals surface area contributed by atoms with Crippen LogP contribution in [0.3, 0.4) is 0 Å². The predicted molar refractivity (Wildman–Crippen MR) is 71.6 cm³/mol. The molecule has 1 amide bonds. The fourth-order valence-electron chi connectivity index (χ4n) is 2.08. The van der Waals surface area contributed by atoms with Gasteiger partial charge in [-0.15, -0.1) is 0 Å². The number of hydrogen-bond donors (Lipinski definition) is 4. The van der Waals surface area contributed by atoms with Crippen molar-refractivity contribution in [2.45, 2.75) is 25.4 Å². The molecule has 0 heterocycles. The van der Waals surface area contributed by atoms with E-state index in [1.54, 1.807) is 6.08 Å². The van der Waals surface area contributed by atoms with Crippen LogP contribution in [-0.2, 0) is 4.79 Å². The van der Waals surface area contributed by atoms with E-state index in [-0.39, 0.29) is 11.5 Å². The summed E-state index contributed by atoms with van der Waals surface area (Å²) in [6, 6.07) is 3.80. The number of carbonyl (C=O) groups is 2. The molecule has 0 saturated carbocycles. The summed E-state index contributed by atoms with van der Waals surface area (Å²) in [5.74, 6) is -2.00. The van der Waals surface area contributed by atoms with Crippen LogP contribution in [-0.4, -0.2) is 33.3 Å². The Hall–Kier alpha value is -2.34. The molecule has 0 aromatic heterocycles. The van der Waals surface area contributed by atoms with Crippen LogP contribution in [0, 0.1) is 0 Å². The van der Waals surface area contributed by atoms with E-state index in [0.29, 0.717) is 30.5 Å². The molecule has 1 unspecified atom stereocenters. The second-order valence-corrected chi connectivity index (χ2v) is 4.66. The minimum Gasteiger partial charge on any atom is -0.507 e. The largest absolute Gasteiger partial charge is 0.507 e. The maximum atomic E-state index is 12.0. The third-order valence-electron chi connectivity index (χ3n) is 3.12. The predicted octanol–water partition coefficient (Wildman–Crippen LogP) is 1.50. The van der Waals surface area contributed by atoms with E-state index >= 15 is 0 Å². The highest BCUT2D eigenvalue weighted by Gasteiger charge is 2.19. The van der Waals surface area contributed by atoms with Crippen molar-refractivity contribution in [1.82, 2.24) is 0 Å². The number of hydrogen-bond acceptors (Lipinski definition) is 4.